The fourth-order valence-corrected chi connectivity index (χ4v) is 5.28. The number of hydrogen-bond acceptors (Lipinski definition) is 4. The van der Waals surface area contributed by atoms with E-state index >= 15 is 0 Å². The van der Waals surface area contributed by atoms with Crippen LogP contribution in [0.4, 0.5) is 0 Å². The Labute approximate surface area is 289 Å². The van der Waals surface area contributed by atoms with Crippen LogP contribution < -0.4 is 10.2 Å². The Hall–Kier alpha value is -0.414. The Bertz CT molecular complexity index is 463. The van der Waals surface area contributed by atoms with Gasteiger partial charge in [0.25, 0.3) is 0 Å². The van der Waals surface area contributed by atoms with E-state index in [4.69, 9.17) is 0 Å². The van der Waals surface area contributed by atoms with Crippen molar-refractivity contribution in [1.29, 1.82) is 0 Å². The zero-order valence-corrected chi connectivity index (χ0v) is 30.9. The minimum absolute atomic E-state index is 0. The standard InChI is InChI=1S/2C18H36O2.Mg.3H2O/c2*1-2-3-4-5-6-7-8-9-10-11-12-13-14-15-16-17-18(19)20;;;;/h2*2-17H2,1H3,(H,19,20);;3*1H2/q;;+2;;;/p-2. The normalized spacial score (nSPS) is 9.86. The molecule has 0 aliphatic heterocycles. The quantitative estimate of drug-likeness (QED) is 0.0559. The van der Waals surface area contributed by atoms with Crippen molar-refractivity contribution in [3.8, 4) is 0 Å². The topological polar surface area (TPSA) is 175 Å². The average Bonchev–Trinajstić information content (AvgIpc) is 2.93. The third kappa shape index (κ3) is 60.7. The summed E-state index contributed by atoms with van der Waals surface area (Å²) < 4.78 is 0. The molecule has 6 N–H and O–H groups in total. The summed E-state index contributed by atoms with van der Waals surface area (Å²) >= 11 is 0. The molecular weight excluding hydrogens is 569 g/mol. The fraction of sp³-hybridized carbons (Fsp3) is 0.944. The third-order valence-electron chi connectivity index (χ3n) is 7.97. The van der Waals surface area contributed by atoms with Crippen LogP contribution in [-0.4, -0.2) is 51.4 Å². The van der Waals surface area contributed by atoms with E-state index in [1.165, 1.54) is 167 Å². The summed E-state index contributed by atoms with van der Waals surface area (Å²) in [5, 5.41) is 20.4. The second-order valence-corrected chi connectivity index (χ2v) is 12.1. The van der Waals surface area contributed by atoms with E-state index in [0.717, 1.165) is 25.7 Å². The maximum absolute atomic E-state index is 10.2. The average molecular weight is 645 g/mol. The Balaban J connectivity index is -0.000000150. The van der Waals surface area contributed by atoms with Crippen molar-refractivity contribution in [3.63, 3.8) is 0 Å². The number of carboxylic acids is 2. The Morgan fingerprint density at radius 1 is 0.318 bits per heavy atom. The van der Waals surface area contributed by atoms with E-state index in [-0.39, 0.29) is 52.3 Å². The first-order valence-corrected chi connectivity index (χ1v) is 17.9. The second kappa shape index (κ2) is 52.1. The summed E-state index contributed by atoms with van der Waals surface area (Å²) in [6.07, 6.45) is 39.7. The summed E-state index contributed by atoms with van der Waals surface area (Å²) in [6.45, 7) is 4.53. The molecule has 7 nitrogen and oxygen atoms in total. The Kier molecular flexibility index (Phi) is 66.3. The maximum atomic E-state index is 10.2. The molecule has 0 bridgehead atoms. The van der Waals surface area contributed by atoms with Crippen LogP contribution in [0.15, 0.2) is 0 Å². The monoisotopic (exact) mass is 645 g/mol. The first-order valence-electron chi connectivity index (χ1n) is 17.9. The van der Waals surface area contributed by atoms with Crippen LogP contribution in [0.1, 0.15) is 219 Å². The number of unbranched alkanes of at least 4 members (excludes halogenated alkanes) is 28. The van der Waals surface area contributed by atoms with E-state index in [1.54, 1.807) is 0 Å². The van der Waals surface area contributed by atoms with Crippen molar-refractivity contribution in [2.45, 2.75) is 219 Å². The van der Waals surface area contributed by atoms with Gasteiger partial charge in [-0.2, -0.15) is 0 Å². The van der Waals surface area contributed by atoms with Crippen molar-refractivity contribution in [2.75, 3.05) is 0 Å². The maximum Gasteiger partial charge on any atom is 2.00 e. The molecule has 0 fully saturated rings. The van der Waals surface area contributed by atoms with Crippen LogP contribution in [0.2, 0.25) is 0 Å². The van der Waals surface area contributed by atoms with Crippen LogP contribution in [-0.2, 0) is 9.59 Å². The minimum atomic E-state index is -0.903. The molecule has 0 aromatic carbocycles. The molecule has 0 atom stereocenters. The van der Waals surface area contributed by atoms with Gasteiger partial charge in [-0.15, -0.1) is 0 Å². The Morgan fingerprint density at radius 3 is 0.591 bits per heavy atom. The van der Waals surface area contributed by atoms with Gasteiger partial charge in [0.1, 0.15) is 0 Å². The fourth-order valence-electron chi connectivity index (χ4n) is 5.28. The van der Waals surface area contributed by atoms with Gasteiger partial charge in [0.2, 0.25) is 0 Å². The van der Waals surface area contributed by atoms with Gasteiger partial charge in [-0.25, -0.2) is 0 Å². The molecule has 0 radical (unpaired) electrons. The van der Waals surface area contributed by atoms with Crippen LogP contribution >= 0.6 is 0 Å². The summed E-state index contributed by atoms with van der Waals surface area (Å²) in [5.41, 5.74) is 0. The van der Waals surface area contributed by atoms with Gasteiger partial charge in [0, 0.05) is 11.9 Å². The number of rotatable bonds is 32. The number of carbonyl (C=O) groups is 2. The third-order valence-corrected chi connectivity index (χ3v) is 7.97. The first-order chi connectivity index (χ1) is 19.5. The van der Waals surface area contributed by atoms with E-state index in [0.29, 0.717) is 0 Å². The van der Waals surface area contributed by atoms with E-state index in [9.17, 15) is 19.8 Å². The van der Waals surface area contributed by atoms with Gasteiger partial charge >= 0.3 is 23.1 Å². The summed E-state index contributed by atoms with van der Waals surface area (Å²) in [5.74, 6) is -1.81. The molecule has 0 aliphatic rings. The molecule has 0 unspecified atom stereocenters. The number of carboxylic acid groups (broad SMARTS) is 2. The summed E-state index contributed by atoms with van der Waals surface area (Å²) in [7, 11) is 0. The van der Waals surface area contributed by atoms with Crippen LogP contribution in [0.25, 0.3) is 0 Å². The van der Waals surface area contributed by atoms with Gasteiger partial charge in [-0.3, -0.25) is 0 Å². The molecule has 264 valence electrons. The van der Waals surface area contributed by atoms with Gasteiger partial charge in [-0.1, -0.05) is 194 Å². The second-order valence-electron chi connectivity index (χ2n) is 12.1. The molecule has 0 saturated carbocycles. The number of hydrogen-bond donors (Lipinski definition) is 0. The zero-order valence-electron chi connectivity index (χ0n) is 29.5. The van der Waals surface area contributed by atoms with Gasteiger partial charge in [0.05, 0.1) is 0 Å². The van der Waals surface area contributed by atoms with Gasteiger partial charge < -0.3 is 36.2 Å². The van der Waals surface area contributed by atoms with Crippen LogP contribution in [0.5, 0.6) is 0 Å². The molecule has 44 heavy (non-hydrogen) atoms. The van der Waals surface area contributed by atoms with Crippen molar-refractivity contribution in [3.05, 3.63) is 0 Å². The first kappa shape index (κ1) is 56.0. The Morgan fingerprint density at radius 2 is 0.455 bits per heavy atom. The SMILES string of the molecule is CCCCCCCCCCCCCCCCCC(=O)[O-].CCCCCCCCCCCCCCCCCC(=O)[O-].O.O.O.[Mg+2]. The van der Waals surface area contributed by atoms with Gasteiger partial charge in [-0.05, 0) is 25.7 Å². The van der Waals surface area contributed by atoms with Crippen molar-refractivity contribution in [2.24, 2.45) is 0 Å². The molecule has 0 aliphatic carbocycles. The van der Waals surface area contributed by atoms with E-state index in [1.807, 2.05) is 0 Å². The molecular formula is C36H76MgO7. The molecule has 0 heterocycles. The van der Waals surface area contributed by atoms with E-state index in [2.05, 4.69) is 13.8 Å². The van der Waals surface area contributed by atoms with Crippen LogP contribution in [0, 0.1) is 0 Å². The van der Waals surface area contributed by atoms with Crippen molar-refractivity contribution < 1.29 is 36.2 Å². The molecule has 0 amide bonds. The predicted molar refractivity (Wildman–Crippen MR) is 186 cm³/mol. The van der Waals surface area contributed by atoms with Crippen molar-refractivity contribution >= 4 is 35.0 Å². The number of aliphatic carboxylic acids is 2. The summed E-state index contributed by atoms with van der Waals surface area (Å²) in [6, 6.07) is 0. The molecule has 0 aromatic heterocycles. The van der Waals surface area contributed by atoms with Crippen LogP contribution in [0.3, 0.4) is 0 Å². The molecule has 8 heteroatoms. The molecule has 0 spiro atoms. The van der Waals surface area contributed by atoms with Crippen molar-refractivity contribution in [1.82, 2.24) is 0 Å². The van der Waals surface area contributed by atoms with E-state index < -0.39 is 11.9 Å². The zero-order chi connectivity index (χ0) is 29.8. The summed E-state index contributed by atoms with van der Waals surface area (Å²) in [4.78, 5) is 20.4. The molecule has 0 rings (SSSR count). The molecule has 0 aromatic rings. The number of carbonyl (C=O) groups excluding carboxylic acids is 2. The van der Waals surface area contributed by atoms with Gasteiger partial charge in [0.15, 0.2) is 0 Å². The predicted octanol–water partition coefficient (Wildman–Crippen LogP) is 7.14. The smallest absolute Gasteiger partial charge is 0.550 e. The molecule has 0 saturated heterocycles. The minimum Gasteiger partial charge on any atom is -0.550 e. The largest absolute Gasteiger partial charge is 2.00 e.